The fourth-order valence-corrected chi connectivity index (χ4v) is 3.04. The number of nitrogens with one attached hydrogen (secondary N) is 1. The second-order valence-corrected chi connectivity index (χ2v) is 6.72. The van der Waals surface area contributed by atoms with Crippen molar-refractivity contribution in [2.75, 3.05) is 19.4 Å². The highest BCUT2D eigenvalue weighted by molar-refractivity contribution is 7.90. The average molecular weight is 300 g/mol. The van der Waals surface area contributed by atoms with E-state index in [0.29, 0.717) is 0 Å². The van der Waals surface area contributed by atoms with E-state index in [2.05, 4.69) is 5.32 Å². The monoisotopic (exact) mass is 300 g/mol. The van der Waals surface area contributed by atoms with Crippen molar-refractivity contribution < 1.29 is 18.1 Å². The quantitative estimate of drug-likeness (QED) is 0.646. The molecule has 110 valence electrons. The van der Waals surface area contributed by atoms with E-state index in [-0.39, 0.29) is 23.3 Å². The molecule has 1 aliphatic rings. The molecule has 0 amide bonds. The third-order valence-electron chi connectivity index (χ3n) is 3.15. The molecule has 8 heteroatoms. The first-order valence-electron chi connectivity index (χ1n) is 6.23. The fraction of sp³-hybridized carbons (Fsp3) is 0.500. The van der Waals surface area contributed by atoms with E-state index < -0.39 is 20.4 Å². The summed E-state index contributed by atoms with van der Waals surface area (Å²) in [6.45, 7) is 1.19. The molecule has 1 aliphatic heterocycles. The Labute approximate surface area is 117 Å². The lowest BCUT2D eigenvalue weighted by Gasteiger charge is -2.13. The summed E-state index contributed by atoms with van der Waals surface area (Å²) in [5.41, 5.74) is -0.493. The van der Waals surface area contributed by atoms with Gasteiger partial charge in [-0.25, -0.2) is 8.42 Å². The van der Waals surface area contributed by atoms with Crippen LogP contribution in [0.4, 0.5) is 5.69 Å². The number of sulfone groups is 1. The van der Waals surface area contributed by atoms with Crippen LogP contribution in [-0.4, -0.2) is 38.8 Å². The predicted octanol–water partition coefficient (Wildman–Crippen LogP) is 1.13. The lowest BCUT2D eigenvalue weighted by atomic mass is 10.2. The van der Waals surface area contributed by atoms with Crippen molar-refractivity contribution >= 4 is 15.5 Å². The number of benzene rings is 1. The largest absolute Gasteiger partial charge is 0.485 e. The van der Waals surface area contributed by atoms with Crippen LogP contribution in [0.1, 0.15) is 12.8 Å². The molecule has 1 N–H and O–H groups in total. The Morgan fingerprint density at radius 2 is 2.25 bits per heavy atom. The van der Waals surface area contributed by atoms with E-state index >= 15 is 0 Å². The van der Waals surface area contributed by atoms with Gasteiger partial charge in [0.15, 0.2) is 15.6 Å². The number of ether oxygens (including phenoxy) is 1. The molecule has 1 unspecified atom stereocenters. The van der Waals surface area contributed by atoms with Crippen LogP contribution < -0.4 is 10.1 Å². The minimum atomic E-state index is -3.68. The molecule has 20 heavy (non-hydrogen) atoms. The molecule has 1 aromatic carbocycles. The molecular formula is C12H16N2O5S. The zero-order valence-electron chi connectivity index (χ0n) is 11.0. The van der Waals surface area contributed by atoms with Crippen LogP contribution in [0.5, 0.6) is 5.75 Å². The van der Waals surface area contributed by atoms with Crippen molar-refractivity contribution in [3.05, 3.63) is 28.3 Å². The van der Waals surface area contributed by atoms with Crippen LogP contribution in [0.3, 0.4) is 0 Å². The maximum Gasteiger partial charge on any atom is 0.329 e. The summed E-state index contributed by atoms with van der Waals surface area (Å²) < 4.78 is 28.6. The number of nitrogens with zero attached hydrogens (tertiary/aromatic N) is 1. The second kappa shape index (κ2) is 5.76. The van der Waals surface area contributed by atoms with Gasteiger partial charge in [0, 0.05) is 12.3 Å². The molecule has 0 aliphatic carbocycles. The normalized spacial score (nSPS) is 18.9. The summed E-state index contributed by atoms with van der Waals surface area (Å²) in [7, 11) is -3.68. The standard InChI is InChI=1S/C12H16N2O5S/c1-20(17,18)11-6-2-5-10(12(11)14(15)16)19-8-9-4-3-7-13-9/h2,5-6,9,13H,3-4,7-8H2,1H3. The fourth-order valence-electron chi connectivity index (χ4n) is 2.19. The number of rotatable bonds is 5. The van der Waals surface area contributed by atoms with E-state index in [1.54, 1.807) is 0 Å². The molecule has 1 aromatic rings. The van der Waals surface area contributed by atoms with Crippen LogP contribution in [0.15, 0.2) is 23.1 Å². The smallest absolute Gasteiger partial charge is 0.329 e. The highest BCUT2D eigenvalue weighted by Crippen LogP contribution is 2.34. The molecular weight excluding hydrogens is 284 g/mol. The molecule has 0 aromatic heterocycles. The van der Waals surface area contributed by atoms with Crippen molar-refractivity contribution in [2.45, 2.75) is 23.8 Å². The third-order valence-corrected chi connectivity index (χ3v) is 4.27. The zero-order chi connectivity index (χ0) is 14.8. The zero-order valence-corrected chi connectivity index (χ0v) is 11.9. The van der Waals surface area contributed by atoms with Crippen molar-refractivity contribution in [3.63, 3.8) is 0 Å². The first-order chi connectivity index (χ1) is 9.39. The highest BCUT2D eigenvalue weighted by atomic mass is 32.2. The summed E-state index contributed by atoms with van der Waals surface area (Å²) in [6, 6.07) is 4.23. The Morgan fingerprint density at radius 3 is 2.80 bits per heavy atom. The van der Waals surface area contributed by atoms with Crippen LogP contribution in [-0.2, 0) is 9.84 Å². The summed E-state index contributed by atoms with van der Waals surface area (Å²) in [5.74, 6) is -0.00775. The van der Waals surface area contributed by atoms with Gasteiger partial charge in [0.25, 0.3) is 0 Å². The molecule has 0 bridgehead atoms. The Bertz CT molecular complexity index is 608. The van der Waals surface area contributed by atoms with Gasteiger partial charge in [0.2, 0.25) is 0 Å². The molecule has 7 nitrogen and oxygen atoms in total. The summed E-state index contributed by atoms with van der Waals surface area (Å²) in [6.07, 6.45) is 2.93. The molecule has 1 atom stereocenters. The summed E-state index contributed by atoms with van der Waals surface area (Å²) in [4.78, 5) is 10.1. The van der Waals surface area contributed by atoms with E-state index in [9.17, 15) is 18.5 Å². The Balaban J connectivity index is 2.30. The molecule has 1 heterocycles. The molecule has 0 spiro atoms. The minimum absolute atomic E-state index is 0.00775. The van der Waals surface area contributed by atoms with Crippen LogP contribution in [0, 0.1) is 10.1 Å². The lowest BCUT2D eigenvalue weighted by Crippen LogP contribution is -2.28. The van der Waals surface area contributed by atoms with E-state index in [1.165, 1.54) is 18.2 Å². The average Bonchev–Trinajstić information content (AvgIpc) is 2.87. The molecule has 1 fully saturated rings. The molecule has 1 saturated heterocycles. The number of para-hydroxylation sites is 1. The van der Waals surface area contributed by atoms with Gasteiger partial charge in [-0.3, -0.25) is 10.1 Å². The van der Waals surface area contributed by atoms with Gasteiger partial charge in [-0.15, -0.1) is 0 Å². The Morgan fingerprint density at radius 1 is 1.50 bits per heavy atom. The lowest BCUT2D eigenvalue weighted by molar-refractivity contribution is -0.388. The molecule has 0 saturated carbocycles. The van der Waals surface area contributed by atoms with Gasteiger partial charge < -0.3 is 10.1 Å². The van der Waals surface area contributed by atoms with Gasteiger partial charge in [-0.1, -0.05) is 6.07 Å². The van der Waals surface area contributed by atoms with E-state index in [4.69, 9.17) is 4.74 Å². The summed E-state index contributed by atoms with van der Waals surface area (Å²) >= 11 is 0. The van der Waals surface area contributed by atoms with E-state index in [1.807, 2.05) is 0 Å². The maximum absolute atomic E-state index is 11.6. The highest BCUT2D eigenvalue weighted by Gasteiger charge is 2.27. The maximum atomic E-state index is 11.6. The van der Waals surface area contributed by atoms with Gasteiger partial charge in [-0.05, 0) is 31.5 Å². The molecule has 0 radical (unpaired) electrons. The number of nitro groups is 1. The van der Waals surface area contributed by atoms with Crippen LogP contribution in [0.2, 0.25) is 0 Å². The van der Waals surface area contributed by atoms with Crippen LogP contribution >= 0.6 is 0 Å². The topological polar surface area (TPSA) is 98.5 Å². The van der Waals surface area contributed by atoms with Crippen molar-refractivity contribution in [1.82, 2.24) is 5.32 Å². The van der Waals surface area contributed by atoms with Gasteiger partial charge in [0.05, 0.1) is 4.92 Å². The predicted molar refractivity (Wildman–Crippen MR) is 72.7 cm³/mol. The first kappa shape index (κ1) is 14.7. The summed E-state index contributed by atoms with van der Waals surface area (Å²) in [5, 5.41) is 14.3. The van der Waals surface area contributed by atoms with Gasteiger partial charge in [0.1, 0.15) is 11.5 Å². The van der Waals surface area contributed by atoms with Gasteiger partial charge >= 0.3 is 5.69 Å². The van der Waals surface area contributed by atoms with Crippen molar-refractivity contribution in [1.29, 1.82) is 0 Å². The van der Waals surface area contributed by atoms with Crippen molar-refractivity contribution in [2.24, 2.45) is 0 Å². The Kier molecular flexibility index (Phi) is 4.24. The van der Waals surface area contributed by atoms with Crippen LogP contribution in [0.25, 0.3) is 0 Å². The Hall–Kier alpha value is -1.67. The number of hydrogen-bond donors (Lipinski definition) is 1. The van der Waals surface area contributed by atoms with Crippen molar-refractivity contribution in [3.8, 4) is 5.75 Å². The SMILES string of the molecule is CS(=O)(=O)c1cccc(OCC2CCCN2)c1[N+](=O)[O-]. The van der Waals surface area contributed by atoms with E-state index in [0.717, 1.165) is 25.6 Å². The second-order valence-electron chi connectivity index (χ2n) is 4.74. The third kappa shape index (κ3) is 3.26. The molecule has 2 rings (SSSR count). The first-order valence-corrected chi connectivity index (χ1v) is 8.12. The number of nitro benzene ring substituents is 1. The number of hydrogen-bond acceptors (Lipinski definition) is 6. The van der Waals surface area contributed by atoms with Gasteiger partial charge in [-0.2, -0.15) is 0 Å². The minimum Gasteiger partial charge on any atom is -0.485 e.